The van der Waals surface area contributed by atoms with E-state index in [2.05, 4.69) is 9.88 Å². The van der Waals surface area contributed by atoms with Crippen molar-refractivity contribution in [3.05, 3.63) is 40.5 Å². The maximum Gasteiger partial charge on any atom is 0.335 e. The van der Waals surface area contributed by atoms with Gasteiger partial charge in [0.05, 0.1) is 28.7 Å². The Labute approximate surface area is 230 Å². The summed E-state index contributed by atoms with van der Waals surface area (Å²) in [4.78, 5) is 18.4. The molecule has 3 aromatic rings. The van der Waals surface area contributed by atoms with E-state index in [1.807, 2.05) is 0 Å². The Hall–Kier alpha value is -2.52. The van der Waals surface area contributed by atoms with E-state index in [0.717, 1.165) is 42.6 Å². The monoisotopic (exact) mass is 551 g/mol. The minimum atomic E-state index is -1.12. The lowest BCUT2D eigenvalue weighted by Crippen LogP contribution is -2.45. The summed E-state index contributed by atoms with van der Waals surface area (Å²) in [7, 11) is 0. The predicted octanol–water partition coefficient (Wildman–Crippen LogP) is 7.15. The Morgan fingerprint density at radius 2 is 1.92 bits per heavy atom. The van der Waals surface area contributed by atoms with E-state index in [4.69, 9.17) is 14.4 Å². The molecule has 1 spiro atoms. The fourth-order valence-electron chi connectivity index (χ4n) is 7.90. The highest BCUT2D eigenvalue weighted by atomic mass is 32.1. The van der Waals surface area contributed by atoms with E-state index >= 15 is 0 Å². The van der Waals surface area contributed by atoms with Crippen LogP contribution in [-0.4, -0.2) is 39.4 Å². The van der Waals surface area contributed by atoms with Crippen LogP contribution in [0.3, 0.4) is 0 Å². The minimum absolute atomic E-state index is 0.0372. The molecule has 3 saturated carbocycles. The van der Waals surface area contributed by atoms with Gasteiger partial charge in [0.15, 0.2) is 10.9 Å². The number of hydrogen-bond donors (Lipinski definition) is 1. The molecule has 9 heteroatoms. The number of anilines is 1. The lowest BCUT2D eigenvalue weighted by atomic mass is 9.73. The third kappa shape index (κ3) is 4.10. The van der Waals surface area contributed by atoms with Gasteiger partial charge in [0.2, 0.25) is 0 Å². The maximum atomic E-state index is 14.6. The highest BCUT2D eigenvalue weighted by Gasteiger charge is 2.53. The second kappa shape index (κ2) is 8.99. The normalized spacial score (nSPS) is 29.4. The molecular formula is C30H34FN3O4S. The number of carbonyl (C=O) groups is 1. The molecule has 2 saturated heterocycles. The number of carboxylic acids is 1. The molecule has 206 valence electrons. The summed E-state index contributed by atoms with van der Waals surface area (Å²) in [6.07, 6.45) is 14.4. The highest BCUT2D eigenvalue weighted by molar-refractivity contribution is 7.22. The summed E-state index contributed by atoms with van der Waals surface area (Å²) in [6.45, 7) is 0.589. The smallest absolute Gasteiger partial charge is 0.335 e. The van der Waals surface area contributed by atoms with Crippen LogP contribution in [0.5, 0.6) is 0 Å². The summed E-state index contributed by atoms with van der Waals surface area (Å²) in [5.41, 5.74) is 3.15. The number of aromatic nitrogens is 2. The van der Waals surface area contributed by atoms with Crippen molar-refractivity contribution in [3.8, 4) is 0 Å². The maximum absolute atomic E-state index is 14.6. The van der Waals surface area contributed by atoms with Gasteiger partial charge in [-0.25, -0.2) is 14.2 Å². The Morgan fingerprint density at radius 1 is 1.13 bits per heavy atom. The SMILES string of the molecule is O=C(O)c1cc(F)c2nc(N3[C@@H]4CC[C@H]3C[C@@H](OCc3c(C5CCCCC56CC6)noc3C3CC3)C4)sc2c1. The number of fused-ring (bicyclic) bond motifs is 3. The lowest BCUT2D eigenvalue weighted by Gasteiger charge is -2.38. The zero-order valence-electron chi connectivity index (χ0n) is 22.0. The molecule has 3 aliphatic carbocycles. The first-order chi connectivity index (χ1) is 19.0. The summed E-state index contributed by atoms with van der Waals surface area (Å²) in [6, 6.07) is 3.20. The molecule has 7 nitrogen and oxygen atoms in total. The number of benzene rings is 1. The van der Waals surface area contributed by atoms with Crippen LogP contribution in [0, 0.1) is 11.2 Å². The van der Waals surface area contributed by atoms with Crippen LogP contribution >= 0.6 is 11.3 Å². The minimum Gasteiger partial charge on any atom is -0.478 e. The fourth-order valence-corrected chi connectivity index (χ4v) is 9.06. The van der Waals surface area contributed by atoms with Gasteiger partial charge in [0.25, 0.3) is 0 Å². The van der Waals surface area contributed by atoms with Gasteiger partial charge in [0, 0.05) is 29.5 Å². The van der Waals surface area contributed by atoms with Crippen molar-refractivity contribution in [1.29, 1.82) is 0 Å². The zero-order valence-corrected chi connectivity index (χ0v) is 22.9. The molecule has 4 atom stereocenters. The number of piperidine rings is 1. The third-order valence-electron chi connectivity index (χ3n) is 10.2. The average Bonchev–Trinajstić information content (AvgIpc) is 3.80. The molecule has 5 fully saturated rings. The summed E-state index contributed by atoms with van der Waals surface area (Å²) >= 11 is 1.40. The Balaban J connectivity index is 1.00. The number of halogens is 1. The van der Waals surface area contributed by atoms with Crippen LogP contribution in [0.1, 0.15) is 116 Å². The molecule has 0 radical (unpaired) electrons. The fraction of sp³-hybridized carbons (Fsp3) is 0.633. The van der Waals surface area contributed by atoms with E-state index in [0.29, 0.717) is 40.6 Å². The first kappa shape index (κ1) is 24.3. The number of rotatable bonds is 7. The topological polar surface area (TPSA) is 88.7 Å². The average molecular weight is 552 g/mol. The van der Waals surface area contributed by atoms with Gasteiger partial charge in [0.1, 0.15) is 11.3 Å². The van der Waals surface area contributed by atoms with Gasteiger partial charge in [-0.15, -0.1) is 0 Å². The van der Waals surface area contributed by atoms with Gasteiger partial charge >= 0.3 is 5.97 Å². The molecule has 39 heavy (non-hydrogen) atoms. The van der Waals surface area contributed by atoms with E-state index in [1.54, 1.807) is 0 Å². The van der Waals surface area contributed by atoms with Crippen LogP contribution in [0.25, 0.3) is 10.2 Å². The Kier molecular flexibility index (Phi) is 5.60. The molecule has 8 rings (SSSR count). The molecule has 5 aliphatic rings. The van der Waals surface area contributed by atoms with Crippen molar-refractivity contribution in [3.63, 3.8) is 0 Å². The number of ether oxygens (including phenoxy) is 1. The molecule has 2 bridgehead atoms. The molecule has 1 aromatic carbocycles. The quantitative estimate of drug-likeness (QED) is 0.333. The van der Waals surface area contributed by atoms with Crippen molar-refractivity contribution in [2.45, 2.75) is 114 Å². The van der Waals surface area contributed by atoms with Crippen LogP contribution < -0.4 is 4.90 Å². The Bertz CT molecular complexity index is 1430. The second-order valence-corrected chi connectivity index (χ2v) is 13.7. The predicted molar refractivity (Wildman–Crippen MR) is 145 cm³/mol. The van der Waals surface area contributed by atoms with Gasteiger partial charge in [-0.3, -0.25) is 0 Å². The molecular weight excluding hydrogens is 517 g/mol. The summed E-state index contributed by atoms with van der Waals surface area (Å²) in [5, 5.41) is 14.8. The number of nitrogens with zero attached hydrogens (tertiary/aromatic N) is 3. The standard InChI is InChI=1S/C30H34FN3O4S/c31-23-11-17(28(35)36)12-24-26(23)32-29(39-24)34-18-6-7-19(34)14-20(13-18)37-15-21-25(33-38-27(21)16-4-5-16)22-3-1-2-8-30(22)9-10-30/h11-12,16,18-20,22H,1-10,13-15H2,(H,35,36)/t18-,19+,20+,22?. The van der Waals surface area contributed by atoms with Gasteiger partial charge in [-0.1, -0.05) is 29.3 Å². The number of thiazole rings is 1. The Morgan fingerprint density at radius 3 is 2.64 bits per heavy atom. The van der Waals surface area contributed by atoms with Crippen LogP contribution in [0.2, 0.25) is 0 Å². The van der Waals surface area contributed by atoms with E-state index in [-0.39, 0.29) is 17.2 Å². The van der Waals surface area contributed by atoms with Crippen LogP contribution in [0.4, 0.5) is 9.52 Å². The molecule has 2 aliphatic heterocycles. The van der Waals surface area contributed by atoms with Crippen molar-refractivity contribution < 1.29 is 23.6 Å². The van der Waals surface area contributed by atoms with Gasteiger partial charge < -0.3 is 19.3 Å². The van der Waals surface area contributed by atoms with Crippen LogP contribution in [-0.2, 0) is 11.3 Å². The molecule has 0 amide bonds. The largest absolute Gasteiger partial charge is 0.478 e. The number of aromatic carboxylic acids is 1. The van der Waals surface area contributed by atoms with Crippen molar-refractivity contribution >= 4 is 32.7 Å². The summed E-state index contributed by atoms with van der Waals surface area (Å²) < 4.78 is 27.9. The molecule has 1 unspecified atom stereocenters. The van der Waals surface area contributed by atoms with Crippen molar-refractivity contribution in [2.24, 2.45) is 5.41 Å². The van der Waals surface area contributed by atoms with E-state index in [9.17, 15) is 14.3 Å². The van der Waals surface area contributed by atoms with Gasteiger partial charge in [-0.2, -0.15) is 0 Å². The number of carboxylic acid groups (broad SMARTS) is 1. The van der Waals surface area contributed by atoms with Crippen molar-refractivity contribution in [2.75, 3.05) is 4.90 Å². The first-order valence-corrected chi connectivity index (χ1v) is 15.5. The van der Waals surface area contributed by atoms with Crippen LogP contribution in [0.15, 0.2) is 16.7 Å². The zero-order chi connectivity index (χ0) is 26.3. The molecule has 2 aromatic heterocycles. The first-order valence-electron chi connectivity index (χ1n) is 14.7. The van der Waals surface area contributed by atoms with E-state index < -0.39 is 11.8 Å². The highest BCUT2D eigenvalue weighted by Crippen LogP contribution is 2.63. The van der Waals surface area contributed by atoms with E-state index in [1.165, 1.54) is 80.0 Å². The molecule has 4 heterocycles. The lowest BCUT2D eigenvalue weighted by molar-refractivity contribution is 0.0139. The van der Waals surface area contributed by atoms with Crippen molar-refractivity contribution in [1.82, 2.24) is 10.1 Å². The third-order valence-corrected chi connectivity index (χ3v) is 11.3. The summed E-state index contributed by atoms with van der Waals surface area (Å²) in [5.74, 6) is 0.437. The number of hydrogen-bond acceptors (Lipinski definition) is 7. The second-order valence-electron chi connectivity index (χ2n) is 12.6. The molecule has 1 N–H and O–H groups in total. The van der Waals surface area contributed by atoms with Gasteiger partial charge in [-0.05, 0) is 81.8 Å².